The molecule has 0 radical (unpaired) electrons. The predicted molar refractivity (Wildman–Crippen MR) is 427 cm³/mol. The van der Waals surface area contributed by atoms with Gasteiger partial charge < -0.3 is 120 Å². The topological polar surface area (TPSA) is 594 Å². The molecule has 0 spiro atoms. The Morgan fingerprint density at radius 3 is 1.78 bits per heavy atom. The van der Waals surface area contributed by atoms with Crippen molar-refractivity contribution >= 4 is 136 Å². The monoisotopic (exact) mass is 1870 g/mol. The highest BCUT2D eigenvalue weighted by Crippen LogP contribution is 2.59. The van der Waals surface area contributed by atoms with Gasteiger partial charge in [0, 0.05) is 75.5 Å². The molecule has 116 heavy (non-hydrogen) atoms. The SMILES string of the molecule is Cc1cn([C@H]2C[C@@H](OP(=S)(OCCOCCOCCNC(=O)CCOCCN)OC[C@H]3O[C@@H](n4ccc(N)nc4=O)C[C@H]3C(C)C)[C@@H](COP([O-])(=S)O[C@@H]3C[C@H](n4cnc5c(=O)[nH]c(N)nc54)O[C@@H]3COP(=S)([S-])O[C@@H]3C[C@H](n4ccc(N)nc4=O)O[C@@H]3COP(=O)(S)O[C@@H]3C[C@H](n4cc(Br)c(=O)[nH]c4=O)O[C@@H]3CO)O2)c(=O)[nH]c1=O. The van der Waals surface area contributed by atoms with Crippen LogP contribution in [0.2, 0.25) is 0 Å². The standard InChI is InChI=1S/C61H88BrN17O28P4S5/c1-31(2)33-18-47(75-9-4-44(64)69-58(75)85)100-40(33)26-97-110(114,94-17-16-93-15-14-92-13-8-67-46(81)6-11-91-12-7-63)106-37-21-49(77-23-32(3)54(82)73-60(77)87)102-41(37)27-95-109(90,113)105-36-20-51(79-30-68-52-53(79)71-57(66)72-56(52)84)103-43(36)29-98-111(115,116)107-38-22-48(76-10-5-45(65)70-59(76)86)101-42(38)28-96-108(89,112)104-35-19-50(99-39(35)25-80)78-24-34(62)55(83)74-61(78)88/h4-5,9-10,23-24,30-31,33,35-43,47-51,80H,6-8,11-22,25-29,63H2,1-3H3,(H,67,81)(H,89,112)(H,90,113)(H,115,116)(H2,64,69,85)(H2,65,70,86)(H,73,82,87)(H,74,83,88)(H3,66,71,72,84)/p-2/t33-,35+,36+,37+,38+,39+,40+,41+,42+,43+,47+,48+,49+,50+,51+,108?,109?,110?/m0/s1. The number of H-pyrrole nitrogens is 3. The Hall–Kier alpha value is -5.10. The van der Waals surface area contributed by atoms with Crippen molar-refractivity contribution in [3.63, 3.8) is 0 Å². The lowest BCUT2D eigenvalue weighted by Gasteiger charge is -2.36. The zero-order valence-electron chi connectivity index (χ0n) is 62.0. The first kappa shape index (κ1) is 91.6. The molecule has 0 aliphatic carbocycles. The van der Waals surface area contributed by atoms with Crippen molar-refractivity contribution in [3.8, 4) is 0 Å². The summed E-state index contributed by atoms with van der Waals surface area (Å²) in [5.41, 5.74) is 13.6. The summed E-state index contributed by atoms with van der Waals surface area (Å²) in [5, 5.41) is 13.0. The molecule has 5 aliphatic heterocycles. The number of amides is 1. The third-order valence-corrected chi connectivity index (χ3v) is 26.9. The highest BCUT2D eigenvalue weighted by Gasteiger charge is 2.48. The van der Waals surface area contributed by atoms with Crippen molar-refractivity contribution in [2.45, 2.75) is 145 Å². The molecule has 0 bridgehead atoms. The summed E-state index contributed by atoms with van der Waals surface area (Å²) in [6.45, 7) is -9.80. The molecule has 45 nitrogen and oxygen atoms in total. The number of rotatable bonds is 42. The summed E-state index contributed by atoms with van der Waals surface area (Å²) in [6, 6.07) is 2.79. The highest BCUT2D eigenvalue weighted by atomic mass is 79.9. The van der Waals surface area contributed by atoms with Crippen molar-refractivity contribution in [1.82, 2.24) is 63.0 Å². The van der Waals surface area contributed by atoms with Gasteiger partial charge in [-0.1, -0.05) is 49.7 Å². The van der Waals surface area contributed by atoms with E-state index >= 15 is 0 Å². The number of carbonyl (C=O) groups is 1. The first-order valence-electron chi connectivity index (χ1n) is 35.9. The molecule has 19 atom stereocenters. The number of aromatic nitrogens is 12. The van der Waals surface area contributed by atoms with Crippen LogP contribution >= 0.6 is 54.1 Å². The number of nitrogens with zero attached hydrogens (tertiary/aromatic N) is 9. The fraction of sp³-hybridized carbons (Fsp3) is 0.639. The maximum absolute atomic E-state index is 15.0. The lowest BCUT2D eigenvalue weighted by Crippen LogP contribution is -2.34. The number of hydrogen-bond donors (Lipinski definition) is 10. The number of imidazole rings is 1. The fourth-order valence-corrected chi connectivity index (χ4v) is 20.4. The van der Waals surface area contributed by atoms with Gasteiger partial charge in [0.25, 0.3) is 16.7 Å². The van der Waals surface area contributed by atoms with Gasteiger partial charge in [-0.25, -0.2) is 28.7 Å². The van der Waals surface area contributed by atoms with Gasteiger partial charge in [0.1, 0.15) is 80.0 Å². The molecule has 0 saturated carbocycles. The van der Waals surface area contributed by atoms with Crippen molar-refractivity contribution in [3.05, 3.63) is 126 Å². The van der Waals surface area contributed by atoms with Gasteiger partial charge in [-0.05, 0) is 65.0 Å². The molecule has 6 aromatic heterocycles. The molecule has 55 heteroatoms. The second kappa shape index (κ2) is 40.7. The number of nitrogen functional groups attached to an aromatic ring is 3. The van der Waals surface area contributed by atoms with E-state index in [1.807, 2.05) is 13.8 Å². The summed E-state index contributed by atoms with van der Waals surface area (Å²) in [6.07, 6.45) is -10.5. The maximum atomic E-state index is 15.0. The number of aliphatic hydroxyl groups is 1. The van der Waals surface area contributed by atoms with Gasteiger partial charge in [-0.15, -0.1) is 0 Å². The zero-order valence-corrected chi connectivity index (χ0v) is 71.3. The highest BCUT2D eigenvalue weighted by molar-refractivity contribution is 9.10. The van der Waals surface area contributed by atoms with E-state index in [1.165, 1.54) is 59.3 Å². The van der Waals surface area contributed by atoms with Gasteiger partial charge in [0.2, 0.25) is 11.9 Å². The first-order valence-corrected chi connectivity index (χ1v) is 48.2. The van der Waals surface area contributed by atoms with Crippen LogP contribution in [0.4, 0.5) is 17.6 Å². The molecule has 642 valence electrons. The summed E-state index contributed by atoms with van der Waals surface area (Å²) < 4.78 is 124. The average Bonchev–Trinajstić information content (AvgIpc) is 1.63. The van der Waals surface area contributed by atoms with Gasteiger partial charge in [-0.2, -0.15) is 15.0 Å². The number of aromatic amines is 3. The quantitative estimate of drug-likeness (QED) is 0.0104. The molecule has 1 amide bonds. The number of nitrogens with one attached hydrogen (secondary N) is 4. The van der Waals surface area contributed by atoms with E-state index in [9.17, 15) is 52.9 Å². The van der Waals surface area contributed by atoms with E-state index in [-0.39, 0.29) is 141 Å². The normalized spacial score (nSPS) is 27.0. The van der Waals surface area contributed by atoms with Gasteiger partial charge in [-0.3, -0.25) is 66.0 Å². The van der Waals surface area contributed by atoms with E-state index in [0.717, 1.165) is 13.7 Å². The summed E-state index contributed by atoms with van der Waals surface area (Å²) >= 11 is 30.8. The lowest BCUT2D eigenvalue weighted by molar-refractivity contribution is -0.215. The van der Waals surface area contributed by atoms with Crippen molar-refractivity contribution < 1.29 is 98.0 Å². The van der Waals surface area contributed by atoms with E-state index in [4.69, 9.17) is 149 Å². The van der Waals surface area contributed by atoms with E-state index in [2.05, 4.69) is 68.4 Å². The number of aliphatic hydroxyl groups excluding tert-OH is 1. The molecule has 6 aromatic rings. The molecule has 5 saturated heterocycles. The number of anilines is 3. The second-order valence-electron chi connectivity index (χ2n) is 27.0. The molecular weight excluding hydrogens is 1780 g/mol. The third-order valence-electron chi connectivity index (χ3n) is 18.6. The van der Waals surface area contributed by atoms with E-state index in [1.54, 1.807) is 0 Å². The number of carbonyl (C=O) groups excluding carboxylic acids is 1. The minimum absolute atomic E-state index is 0.0102. The average molecular weight is 1870 g/mol. The Labute approximate surface area is 691 Å². The van der Waals surface area contributed by atoms with Crippen LogP contribution in [0.15, 0.2) is 81.3 Å². The van der Waals surface area contributed by atoms with Crippen molar-refractivity contribution in [1.29, 1.82) is 0 Å². The van der Waals surface area contributed by atoms with Crippen LogP contribution in [0.3, 0.4) is 0 Å². The summed E-state index contributed by atoms with van der Waals surface area (Å²) in [4.78, 5) is 141. The number of fused-ring (bicyclic) bond motifs is 1. The third kappa shape index (κ3) is 24.4. The molecule has 4 unspecified atom stereocenters. The Bertz CT molecular complexity index is 5090. The molecular formula is C61H86BrN17O28P4S5-2. The van der Waals surface area contributed by atoms with Crippen molar-refractivity contribution in [2.75, 3.05) is 110 Å². The minimum atomic E-state index is -4.86. The molecule has 5 aliphatic rings. The number of halogens is 1. The van der Waals surface area contributed by atoms with Crippen LogP contribution in [0.25, 0.3) is 11.2 Å². The van der Waals surface area contributed by atoms with E-state index < -0.39 is 178 Å². The molecule has 5 fully saturated rings. The van der Waals surface area contributed by atoms with E-state index in [0.29, 0.717) is 19.6 Å². The van der Waals surface area contributed by atoms with Crippen LogP contribution in [0.1, 0.15) is 89.1 Å². The zero-order chi connectivity index (χ0) is 83.6. The molecule has 11 rings (SSSR count). The summed E-state index contributed by atoms with van der Waals surface area (Å²) in [5.74, 6) is -0.868. The molecule has 13 N–H and O–H groups in total. The van der Waals surface area contributed by atoms with Crippen molar-refractivity contribution in [2.24, 2.45) is 17.6 Å². The van der Waals surface area contributed by atoms with Gasteiger partial charge in [0.15, 0.2) is 11.2 Å². The van der Waals surface area contributed by atoms with Crippen LogP contribution in [-0.2, 0) is 136 Å². The maximum Gasteiger partial charge on any atom is 0.386 e. The van der Waals surface area contributed by atoms with Crippen LogP contribution < -0.4 is 72.6 Å². The van der Waals surface area contributed by atoms with Gasteiger partial charge >= 0.3 is 36.3 Å². The van der Waals surface area contributed by atoms with Crippen LogP contribution in [-0.4, -0.2) is 216 Å². The Kier molecular flexibility index (Phi) is 32.2. The van der Waals surface area contributed by atoms with Gasteiger partial charge in [0.05, 0.1) is 120 Å². The number of aryl methyl sites for hydroxylation is 1. The number of ether oxygens (including phenoxy) is 8. The smallest absolute Gasteiger partial charge is 0.386 e. The Balaban J connectivity index is 0.801. The van der Waals surface area contributed by atoms with Crippen LogP contribution in [0, 0.1) is 18.8 Å². The number of hydrogen-bond acceptors (Lipinski definition) is 40. The Morgan fingerprint density at radius 1 is 0.647 bits per heavy atom. The predicted octanol–water partition coefficient (Wildman–Crippen LogP) is 0.0105. The minimum Gasteiger partial charge on any atom is -0.780 e. The number of thiol groups is 1. The molecule has 0 aromatic carbocycles. The largest absolute Gasteiger partial charge is 0.780 e. The lowest BCUT2D eigenvalue weighted by atomic mass is 9.89. The number of nitrogens with two attached hydrogens (primary N) is 4. The summed E-state index contributed by atoms with van der Waals surface area (Å²) in [7, 11) is 0. The fourth-order valence-electron chi connectivity index (χ4n) is 13.0. The second-order valence-corrected chi connectivity index (χ2v) is 41.4. The first-order chi connectivity index (χ1) is 55.1. The molecule has 11 heterocycles. The van der Waals surface area contributed by atoms with Crippen LogP contribution in [0.5, 0.6) is 0 Å². The Morgan fingerprint density at radius 2 is 1.16 bits per heavy atom.